The first kappa shape index (κ1) is 32.8. The Morgan fingerprint density at radius 1 is 0.951 bits per heavy atom. The van der Waals surface area contributed by atoms with Gasteiger partial charge in [-0.3, -0.25) is 9.80 Å². The summed E-state index contributed by atoms with van der Waals surface area (Å²) in [6, 6.07) is 9.61. The molecule has 1 unspecified atom stereocenters. The van der Waals surface area contributed by atoms with Gasteiger partial charge in [0.1, 0.15) is 11.6 Å². The van der Waals surface area contributed by atoms with Gasteiger partial charge in [-0.1, -0.05) is 17.7 Å². The molecule has 2 aromatic rings. The van der Waals surface area contributed by atoms with E-state index in [2.05, 4.69) is 10.2 Å². The van der Waals surface area contributed by atoms with Gasteiger partial charge in [0.15, 0.2) is 0 Å². The third-order valence-corrected chi connectivity index (χ3v) is 7.28. The summed E-state index contributed by atoms with van der Waals surface area (Å²) < 4.78 is 43.5. The highest BCUT2D eigenvalue weighted by atomic mass is 35.5. The summed E-state index contributed by atoms with van der Waals surface area (Å²) in [7, 11) is 0. The molecule has 0 aromatic heterocycles. The first-order valence-corrected chi connectivity index (χ1v) is 14.1. The van der Waals surface area contributed by atoms with Crippen molar-refractivity contribution in [1.82, 2.24) is 20.0 Å². The van der Waals surface area contributed by atoms with Gasteiger partial charge in [0.2, 0.25) is 0 Å². The van der Waals surface area contributed by atoms with Gasteiger partial charge in [-0.25, -0.2) is 4.79 Å². The van der Waals surface area contributed by atoms with E-state index in [4.69, 9.17) is 27.8 Å². The van der Waals surface area contributed by atoms with Crippen LogP contribution in [0, 0.1) is 6.92 Å². The number of hydrogen-bond acceptors (Lipinski definition) is 7. The topological polar surface area (TPSA) is 100 Å². The van der Waals surface area contributed by atoms with Gasteiger partial charge in [0, 0.05) is 75.3 Å². The number of nitrogen functional groups attached to an aromatic ring is 2. The minimum atomic E-state index is -4.19. The lowest BCUT2D eigenvalue weighted by Crippen LogP contribution is -2.56. The number of benzene rings is 2. The number of nitrogens with zero attached hydrogens (tertiary/aromatic N) is 3. The monoisotopic (exact) mass is 598 g/mol. The van der Waals surface area contributed by atoms with Crippen LogP contribution in [-0.4, -0.2) is 84.4 Å². The average molecular weight is 599 g/mol. The van der Waals surface area contributed by atoms with Crippen LogP contribution in [0.15, 0.2) is 36.4 Å². The Labute approximate surface area is 245 Å². The first-order chi connectivity index (χ1) is 19.1. The van der Waals surface area contributed by atoms with Gasteiger partial charge in [0.05, 0.1) is 0 Å². The smallest absolute Gasteiger partial charge is 0.410 e. The van der Waals surface area contributed by atoms with E-state index in [1.807, 2.05) is 56.9 Å². The van der Waals surface area contributed by atoms with Gasteiger partial charge < -0.3 is 26.4 Å². The van der Waals surface area contributed by atoms with Gasteiger partial charge in [0.25, 0.3) is 0 Å². The van der Waals surface area contributed by atoms with E-state index < -0.39 is 17.8 Å². The molecule has 2 saturated heterocycles. The molecule has 0 bridgehead atoms. The van der Waals surface area contributed by atoms with Crippen LogP contribution in [0.25, 0.3) is 0 Å². The van der Waals surface area contributed by atoms with Crippen LogP contribution in [0.2, 0.25) is 5.02 Å². The molecule has 8 nitrogen and oxygen atoms in total. The maximum atomic E-state index is 12.7. The largest absolute Gasteiger partial charge is 0.444 e. The molecule has 0 radical (unpaired) electrons. The summed E-state index contributed by atoms with van der Waals surface area (Å²) in [5.41, 5.74) is 15.5. The summed E-state index contributed by atoms with van der Waals surface area (Å²) in [5.74, 6) is 0. The SMILES string of the molecule is CC(C)(C)OC(=O)N1CCN(Cc2cc(N)ccc2Cl)CC1.Cc1ccc(N)cc1CN1CCNC(C(F)(F)F)C1. The highest BCUT2D eigenvalue weighted by molar-refractivity contribution is 6.31. The van der Waals surface area contributed by atoms with Crippen LogP contribution in [0.3, 0.4) is 0 Å². The van der Waals surface area contributed by atoms with E-state index >= 15 is 0 Å². The predicted molar refractivity (Wildman–Crippen MR) is 158 cm³/mol. The Morgan fingerprint density at radius 2 is 1.54 bits per heavy atom. The molecule has 2 fully saturated rings. The number of rotatable bonds is 4. The lowest BCUT2D eigenvalue weighted by Gasteiger charge is -2.35. The number of alkyl halides is 3. The minimum absolute atomic E-state index is 0.0161. The van der Waals surface area contributed by atoms with Crippen LogP contribution in [0.4, 0.5) is 29.3 Å². The second-order valence-corrected chi connectivity index (χ2v) is 12.0. The van der Waals surface area contributed by atoms with E-state index in [1.54, 1.807) is 17.0 Å². The van der Waals surface area contributed by atoms with E-state index in [0.29, 0.717) is 44.1 Å². The zero-order chi connectivity index (χ0) is 30.4. The minimum Gasteiger partial charge on any atom is -0.444 e. The summed E-state index contributed by atoms with van der Waals surface area (Å²) in [5, 5.41) is 3.24. The molecule has 5 N–H and O–H groups in total. The highest BCUT2D eigenvalue weighted by Gasteiger charge is 2.41. The standard InChI is InChI=1S/C16H24ClN3O2.C13H18F3N3/c1-16(2,3)22-15(21)20-8-6-19(7-9-20)11-12-10-13(18)4-5-14(12)17;1-9-2-3-11(17)6-10(9)7-19-5-4-18-12(8-19)13(14,15)16/h4-5,10H,6-9,11,18H2,1-3H3;2-3,6,12,18H,4-5,7-8,17H2,1H3. The molecular formula is C29H42ClF3N6O2. The number of hydrogen-bond donors (Lipinski definition) is 3. The third kappa shape index (κ3) is 10.6. The van der Waals surface area contributed by atoms with Crippen molar-refractivity contribution in [2.45, 2.75) is 58.6 Å². The molecule has 41 heavy (non-hydrogen) atoms. The molecule has 0 spiro atoms. The van der Waals surface area contributed by atoms with Gasteiger partial charge in [-0.05, 0) is 74.7 Å². The Morgan fingerprint density at radius 3 is 2.15 bits per heavy atom. The van der Waals surface area contributed by atoms with E-state index in [1.165, 1.54) is 0 Å². The maximum Gasteiger partial charge on any atom is 0.410 e. The highest BCUT2D eigenvalue weighted by Crippen LogP contribution is 2.24. The van der Waals surface area contributed by atoms with Crippen LogP contribution in [0.5, 0.6) is 0 Å². The number of aryl methyl sites for hydroxylation is 1. The first-order valence-electron chi connectivity index (χ1n) is 13.7. The lowest BCUT2D eigenvalue weighted by molar-refractivity contribution is -0.165. The molecule has 2 aliphatic heterocycles. The fourth-order valence-corrected chi connectivity index (χ4v) is 4.83. The fraction of sp³-hybridized carbons (Fsp3) is 0.552. The number of nitrogens with two attached hydrogens (primary N) is 2. The molecule has 1 atom stereocenters. The Hall–Kier alpha value is -2.73. The zero-order valence-electron chi connectivity index (χ0n) is 24.2. The zero-order valence-corrected chi connectivity index (χ0v) is 25.0. The Kier molecular flexibility index (Phi) is 11.2. The van der Waals surface area contributed by atoms with Crippen molar-refractivity contribution in [1.29, 1.82) is 0 Å². The molecule has 12 heteroatoms. The number of halogens is 4. The number of ether oxygens (including phenoxy) is 1. The van der Waals surface area contributed by atoms with Gasteiger partial charge >= 0.3 is 12.3 Å². The van der Waals surface area contributed by atoms with Gasteiger partial charge in [-0.15, -0.1) is 0 Å². The number of piperazine rings is 2. The van der Waals surface area contributed by atoms with Crippen LogP contribution in [-0.2, 0) is 17.8 Å². The lowest BCUT2D eigenvalue weighted by atomic mass is 10.1. The third-order valence-electron chi connectivity index (χ3n) is 6.91. The molecule has 2 heterocycles. The molecule has 4 rings (SSSR count). The Bertz CT molecular complexity index is 1170. The van der Waals surface area contributed by atoms with E-state index in [-0.39, 0.29) is 12.6 Å². The molecule has 2 aliphatic rings. The fourth-order valence-electron chi connectivity index (χ4n) is 4.65. The predicted octanol–water partition coefficient (Wildman–Crippen LogP) is 4.89. The van der Waals surface area contributed by atoms with Crippen LogP contribution >= 0.6 is 11.6 Å². The van der Waals surface area contributed by atoms with Crippen LogP contribution < -0.4 is 16.8 Å². The van der Waals surface area contributed by atoms with Crippen molar-refractivity contribution < 1.29 is 22.7 Å². The summed E-state index contributed by atoms with van der Waals surface area (Å²) in [6.07, 6.45) is -4.43. The number of carbonyl (C=O) groups excluding carboxylic acids is 1. The maximum absolute atomic E-state index is 12.7. The van der Waals surface area contributed by atoms with Crippen molar-refractivity contribution in [3.8, 4) is 0 Å². The number of amides is 1. The van der Waals surface area contributed by atoms with Crippen LogP contribution in [0.1, 0.15) is 37.5 Å². The molecule has 2 aromatic carbocycles. The van der Waals surface area contributed by atoms with Crippen molar-refractivity contribution in [3.63, 3.8) is 0 Å². The normalized spacial score (nSPS) is 18.9. The summed E-state index contributed by atoms with van der Waals surface area (Å²) in [4.78, 5) is 17.9. The van der Waals surface area contributed by atoms with Crippen molar-refractivity contribution in [2.24, 2.45) is 0 Å². The molecular weight excluding hydrogens is 557 g/mol. The summed E-state index contributed by atoms with van der Waals surface area (Å²) in [6.45, 7) is 12.7. The number of nitrogens with one attached hydrogen (secondary N) is 1. The molecule has 0 aliphatic carbocycles. The Balaban J connectivity index is 0.000000228. The average Bonchev–Trinajstić information content (AvgIpc) is 2.88. The number of anilines is 2. The van der Waals surface area contributed by atoms with Crippen molar-refractivity contribution >= 4 is 29.1 Å². The summed E-state index contributed by atoms with van der Waals surface area (Å²) >= 11 is 6.20. The van der Waals surface area contributed by atoms with Crippen molar-refractivity contribution in [2.75, 3.05) is 57.3 Å². The molecule has 228 valence electrons. The van der Waals surface area contributed by atoms with Crippen molar-refractivity contribution in [3.05, 3.63) is 58.1 Å². The molecule has 1 amide bonds. The van der Waals surface area contributed by atoms with Gasteiger partial charge in [-0.2, -0.15) is 13.2 Å². The second-order valence-electron chi connectivity index (χ2n) is 11.6. The number of carbonyl (C=O) groups is 1. The second kappa shape index (κ2) is 14.0. The molecule has 0 saturated carbocycles. The quantitative estimate of drug-likeness (QED) is 0.431. The van der Waals surface area contributed by atoms with E-state index in [9.17, 15) is 18.0 Å². The van der Waals surface area contributed by atoms with E-state index in [0.717, 1.165) is 41.3 Å².